The van der Waals surface area contributed by atoms with Crippen molar-refractivity contribution < 1.29 is 28.2 Å². The predicted octanol–water partition coefficient (Wildman–Crippen LogP) is 3.37. The van der Waals surface area contributed by atoms with Gasteiger partial charge in [-0.1, -0.05) is 18.2 Å². The molecule has 0 radical (unpaired) electrons. The third kappa shape index (κ3) is 3.72. The van der Waals surface area contributed by atoms with Gasteiger partial charge in [0.2, 0.25) is 5.91 Å². The molecule has 0 aromatic heterocycles. The van der Waals surface area contributed by atoms with Crippen LogP contribution in [0.25, 0.3) is 0 Å². The highest BCUT2D eigenvalue weighted by atomic mass is 19.1. The minimum atomic E-state index is -0.618. The Hall–Kier alpha value is -3.09. The van der Waals surface area contributed by atoms with Crippen molar-refractivity contribution in [1.29, 1.82) is 0 Å². The zero-order valence-corrected chi connectivity index (χ0v) is 15.2. The van der Waals surface area contributed by atoms with Gasteiger partial charge in [-0.05, 0) is 24.0 Å². The third-order valence-electron chi connectivity index (χ3n) is 4.62. The minimum Gasteiger partial charge on any atom is -0.493 e. The lowest BCUT2D eigenvalue weighted by Crippen LogP contribution is -2.18. The van der Waals surface area contributed by atoms with Gasteiger partial charge in [-0.25, -0.2) is 9.18 Å². The molecule has 0 unspecified atom stereocenters. The van der Waals surface area contributed by atoms with E-state index in [9.17, 15) is 14.0 Å². The number of esters is 1. The topological polar surface area (TPSA) is 73.9 Å². The van der Waals surface area contributed by atoms with E-state index in [1.807, 2.05) is 0 Å². The van der Waals surface area contributed by atoms with E-state index in [2.05, 4.69) is 5.32 Å². The maximum Gasteiger partial charge on any atom is 0.340 e. The molecule has 2 aromatic carbocycles. The number of benzene rings is 2. The van der Waals surface area contributed by atoms with Crippen LogP contribution in [-0.4, -0.2) is 33.2 Å². The Kier molecular flexibility index (Phi) is 5.30. The Labute approximate surface area is 156 Å². The van der Waals surface area contributed by atoms with E-state index in [-0.39, 0.29) is 34.8 Å². The van der Waals surface area contributed by atoms with Crippen LogP contribution in [0.2, 0.25) is 0 Å². The summed E-state index contributed by atoms with van der Waals surface area (Å²) in [7, 11) is 4.15. The van der Waals surface area contributed by atoms with E-state index in [1.54, 1.807) is 18.2 Å². The molecule has 0 aliphatic heterocycles. The van der Waals surface area contributed by atoms with Crippen LogP contribution in [0.15, 0.2) is 36.4 Å². The highest BCUT2D eigenvalue weighted by molar-refractivity contribution is 6.03. The Morgan fingerprint density at radius 1 is 1.07 bits per heavy atom. The Morgan fingerprint density at radius 2 is 1.74 bits per heavy atom. The van der Waals surface area contributed by atoms with E-state index in [0.29, 0.717) is 23.5 Å². The number of hydrogen-bond acceptors (Lipinski definition) is 5. The smallest absolute Gasteiger partial charge is 0.340 e. The van der Waals surface area contributed by atoms with Crippen molar-refractivity contribution >= 4 is 17.6 Å². The van der Waals surface area contributed by atoms with E-state index < -0.39 is 5.97 Å². The summed E-state index contributed by atoms with van der Waals surface area (Å²) in [5, 5.41) is 2.74. The summed E-state index contributed by atoms with van der Waals surface area (Å²) < 4.78 is 29.1. The zero-order valence-electron chi connectivity index (χ0n) is 15.2. The Bertz CT molecular complexity index is 883. The summed E-state index contributed by atoms with van der Waals surface area (Å²) in [6.07, 6.45) is 0.549. The quantitative estimate of drug-likeness (QED) is 0.786. The summed E-state index contributed by atoms with van der Waals surface area (Å²) in [6, 6.07) is 9.37. The molecular formula is C20H20FNO5. The number of anilines is 1. The first kappa shape index (κ1) is 18.7. The van der Waals surface area contributed by atoms with Gasteiger partial charge in [-0.3, -0.25) is 4.79 Å². The number of carbonyl (C=O) groups is 2. The highest BCUT2D eigenvalue weighted by Gasteiger charge is 2.45. The minimum absolute atomic E-state index is 0.145. The summed E-state index contributed by atoms with van der Waals surface area (Å²) >= 11 is 0. The molecule has 1 aliphatic carbocycles. The molecule has 1 saturated carbocycles. The van der Waals surface area contributed by atoms with Crippen LogP contribution in [0, 0.1) is 11.7 Å². The van der Waals surface area contributed by atoms with Crippen molar-refractivity contribution in [3.8, 4) is 11.5 Å². The lowest BCUT2D eigenvalue weighted by Gasteiger charge is -2.14. The van der Waals surface area contributed by atoms with Gasteiger partial charge in [0.15, 0.2) is 11.5 Å². The van der Waals surface area contributed by atoms with Gasteiger partial charge in [0.25, 0.3) is 0 Å². The van der Waals surface area contributed by atoms with Crippen LogP contribution in [-0.2, 0) is 9.53 Å². The first-order valence-electron chi connectivity index (χ1n) is 8.39. The van der Waals surface area contributed by atoms with E-state index in [1.165, 1.54) is 39.5 Å². The van der Waals surface area contributed by atoms with Crippen molar-refractivity contribution in [3.05, 3.63) is 53.3 Å². The molecule has 1 N–H and O–H groups in total. The van der Waals surface area contributed by atoms with Gasteiger partial charge >= 0.3 is 5.97 Å². The summed E-state index contributed by atoms with van der Waals surface area (Å²) in [5.74, 6) is -1.06. The molecule has 1 fully saturated rings. The second-order valence-electron chi connectivity index (χ2n) is 6.20. The predicted molar refractivity (Wildman–Crippen MR) is 96.8 cm³/mol. The number of methoxy groups -OCH3 is 3. The molecule has 0 bridgehead atoms. The van der Waals surface area contributed by atoms with E-state index in [0.717, 1.165) is 0 Å². The van der Waals surface area contributed by atoms with Crippen LogP contribution in [0.3, 0.4) is 0 Å². The molecular weight excluding hydrogens is 353 g/mol. The fraction of sp³-hybridized carbons (Fsp3) is 0.300. The van der Waals surface area contributed by atoms with Gasteiger partial charge in [0, 0.05) is 18.1 Å². The van der Waals surface area contributed by atoms with E-state index in [4.69, 9.17) is 14.2 Å². The summed E-state index contributed by atoms with van der Waals surface area (Å²) in [5.41, 5.74) is 0.924. The molecule has 0 heterocycles. The summed E-state index contributed by atoms with van der Waals surface area (Å²) in [4.78, 5) is 24.7. The molecule has 0 spiro atoms. The second-order valence-corrected chi connectivity index (χ2v) is 6.20. The van der Waals surface area contributed by atoms with Crippen LogP contribution in [0.1, 0.15) is 28.3 Å². The molecule has 6 nitrogen and oxygen atoms in total. The lowest BCUT2D eigenvalue weighted by atomic mass is 10.1. The summed E-state index contributed by atoms with van der Waals surface area (Å²) in [6.45, 7) is 0. The molecule has 2 atom stereocenters. The number of hydrogen-bond donors (Lipinski definition) is 1. The number of nitrogens with one attached hydrogen (secondary N) is 1. The van der Waals surface area contributed by atoms with Crippen molar-refractivity contribution in [3.63, 3.8) is 0 Å². The molecule has 27 heavy (non-hydrogen) atoms. The van der Waals surface area contributed by atoms with Crippen LogP contribution >= 0.6 is 0 Å². The zero-order chi connectivity index (χ0) is 19.6. The molecule has 3 rings (SSSR count). The second kappa shape index (κ2) is 7.65. The van der Waals surface area contributed by atoms with Gasteiger partial charge in [-0.2, -0.15) is 0 Å². The first-order chi connectivity index (χ1) is 13.0. The molecule has 142 valence electrons. The normalized spacial score (nSPS) is 17.8. The number of carbonyl (C=O) groups excluding carboxylic acids is 2. The molecule has 1 aliphatic rings. The number of amides is 1. The van der Waals surface area contributed by atoms with Crippen molar-refractivity contribution in [2.24, 2.45) is 5.92 Å². The monoisotopic (exact) mass is 373 g/mol. The average Bonchev–Trinajstić information content (AvgIpc) is 3.48. The fourth-order valence-electron chi connectivity index (χ4n) is 3.09. The lowest BCUT2D eigenvalue weighted by molar-refractivity contribution is -0.117. The standard InChI is InChI=1S/C20H20FNO5/c1-25-17-9-14(20(24)27-3)16(10-18(17)26-2)22-19(23)13-8-12(13)11-6-4-5-7-15(11)21/h4-7,9-10,12-13H,8H2,1-3H3,(H,22,23)/t12-,13+/m1/s1. The number of rotatable bonds is 6. The van der Waals surface area contributed by atoms with Crippen LogP contribution < -0.4 is 14.8 Å². The molecule has 0 saturated heterocycles. The maximum atomic E-state index is 13.9. The van der Waals surface area contributed by atoms with Gasteiger partial charge < -0.3 is 19.5 Å². The van der Waals surface area contributed by atoms with E-state index >= 15 is 0 Å². The SMILES string of the molecule is COC(=O)c1cc(OC)c(OC)cc1NC(=O)[C@H]1C[C@@H]1c1ccccc1F. The number of ether oxygens (including phenoxy) is 3. The molecule has 7 heteroatoms. The molecule has 2 aromatic rings. The number of halogens is 1. The van der Waals surface area contributed by atoms with Gasteiger partial charge in [-0.15, -0.1) is 0 Å². The fourth-order valence-corrected chi connectivity index (χ4v) is 3.09. The third-order valence-corrected chi connectivity index (χ3v) is 4.62. The average molecular weight is 373 g/mol. The molecule has 1 amide bonds. The Balaban J connectivity index is 1.83. The van der Waals surface area contributed by atoms with Crippen LogP contribution in [0.5, 0.6) is 11.5 Å². The van der Waals surface area contributed by atoms with Crippen molar-refractivity contribution in [2.45, 2.75) is 12.3 Å². The van der Waals surface area contributed by atoms with Gasteiger partial charge in [0.05, 0.1) is 32.6 Å². The van der Waals surface area contributed by atoms with Crippen molar-refractivity contribution in [1.82, 2.24) is 0 Å². The van der Waals surface area contributed by atoms with Crippen LogP contribution in [0.4, 0.5) is 10.1 Å². The Morgan fingerprint density at radius 3 is 2.37 bits per heavy atom. The maximum absolute atomic E-state index is 13.9. The van der Waals surface area contributed by atoms with Crippen molar-refractivity contribution in [2.75, 3.05) is 26.6 Å². The first-order valence-corrected chi connectivity index (χ1v) is 8.39. The van der Waals surface area contributed by atoms with Gasteiger partial charge in [0.1, 0.15) is 5.82 Å². The largest absolute Gasteiger partial charge is 0.493 e. The highest BCUT2D eigenvalue weighted by Crippen LogP contribution is 2.49.